The van der Waals surface area contributed by atoms with Gasteiger partial charge in [-0.15, -0.1) is 0 Å². The summed E-state index contributed by atoms with van der Waals surface area (Å²) in [4.78, 5) is 25.7. The Bertz CT molecular complexity index is 716. The number of methoxy groups -OCH3 is 2. The van der Waals surface area contributed by atoms with Crippen molar-refractivity contribution in [3.8, 4) is 11.5 Å². The van der Waals surface area contributed by atoms with Crippen LogP contribution in [-0.2, 0) is 11.3 Å². The number of hydrogen-bond acceptors (Lipinski definition) is 4. The average Bonchev–Trinajstić information content (AvgIpc) is 2.60. The number of amides is 2. The number of nitrogens with two attached hydrogens (primary N) is 1. The van der Waals surface area contributed by atoms with Crippen LogP contribution in [0.4, 0.5) is 0 Å². The van der Waals surface area contributed by atoms with Crippen LogP contribution in [0.15, 0.2) is 48.5 Å². The van der Waals surface area contributed by atoms with Gasteiger partial charge in [0.05, 0.1) is 26.3 Å². The van der Waals surface area contributed by atoms with Gasteiger partial charge in [0.15, 0.2) is 11.5 Å². The molecule has 6 nitrogen and oxygen atoms in total. The molecule has 0 saturated heterocycles. The summed E-state index contributed by atoms with van der Waals surface area (Å²) in [6, 6.07) is 14.4. The first-order valence-electron chi connectivity index (χ1n) is 7.39. The highest BCUT2D eigenvalue weighted by Gasteiger charge is 2.23. The summed E-state index contributed by atoms with van der Waals surface area (Å²) in [5.41, 5.74) is 6.51. The summed E-state index contributed by atoms with van der Waals surface area (Å²) in [5, 5.41) is 0. The molecule has 6 heteroatoms. The Balaban J connectivity index is 2.36. The molecule has 2 aromatic rings. The Hall–Kier alpha value is -3.02. The summed E-state index contributed by atoms with van der Waals surface area (Å²) in [6.45, 7) is 0.0804. The minimum atomic E-state index is -0.582. The Labute approximate surface area is 140 Å². The zero-order valence-electron chi connectivity index (χ0n) is 13.7. The first-order valence-corrected chi connectivity index (χ1v) is 7.39. The van der Waals surface area contributed by atoms with Gasteiger partial charge in [0.1, 0.15) is 0 Å². The topological polar surface area (TPSA) is 81.9 Å². The summed E-state index contributed by atoms with van der Waals surface area (Å²) in [5.74, 6) is -0.163. The number of primary amides is 1. The number of carbonyl (C=O) groups excluding carboxylic acids is 2. The van der Waals surface area contributed by atoms with Gasteiger partial charge in [-0.3, -0.25) is 9.59 Å². The van der Waals surface area contributed by atoms with Crippen LogP contribution >= 0.6 is 0 Å². The second-order valence-corrected chi connectivity index (χ2v) is 5.15. The first-order chi connectivity index (χ1) is 11.6. The van der Waals surface area contributed by atoms with E-state index < -0.39 is 5.91 Å². The molecule has 0 heterocycles. The fourth-order valence-electron chi connectivity index (χ4n) is 2.42. The molecule has 24 heavy (non-hydrogen) atoms. The van der Waals surface area contributed by atoms with Crippen LogP contribution in [0.3, 0.4) is 0 Å². The third-order valence-corrected chi connectivity index (χ3v) is 3.48. The van der Waals surface area contributed by atoms with Crippen LogP contribution < -0.4 is 15.2 Å². The van der Waals surface area contributed by atoms with Crippen molar-refractivity contribution >= 4 is 11.8 Å². The lowest BCUT2D eigenvalue weighted by Gasteiger charge is -2.23. The van der Waals surface area contributed by atoms with Crippen molar-refractivity contribution in [1.29, 1.82) is 0 Å². The Kier molecular flexibility index (Phi) is 5.78. The van der Waals surface area contributed by atoms with E-state index in [2.05, 4.69) is 0 Å². The highest BCUT2D eigenvalue weighted by Crippen LogP contribution is 2.31. The van der Waals surface area contributed by atoms with Crippen LogP contribution in [0.25, 0.3) is 0 Å². The van der Waals surface area contributed by atoms with Crippen LogP contribution in [0.2, 0.25) is 0 Å². The monoisotopic (exact) mass is 328 g/mol. The summed E-state index contributed by atoms with van der Waals surface area (Å²) in [6.07, 6.45) is 0. The van der Waals surface area contributed by atoms with Gasteiger partial charge in [0.2, 0.25) is 5.91 Å². The molecule has 2 amide bonds. The smallest absolute Gasteiger partial charge is 0.258 e. The highest BCUT2D eigenvalue weighted by molar-refractivity contribution is 5.99. The second kappa shape index (κ2) is 8.01. The van der Waals surface area contributed by atoms with Crippen molar-refractivity contribution in [2.24, 2.45) is 5.73 Å². The maximum atomic E-state index is 12.9. The maximum absolute atomic E-state index is 12.9. The fourth-order valence-corrected chi connectivity index (χ4v) is 2.42. The third-order valence-electron chi connectivity index (χ3n) is 3.48. The zero-order valence-corrected chi connectivity index (χ0v) is 13.7. The summed E-state index contributed by atoms with van der Waals surface area (Å²) in [7, 11) is 2.96. The molecule has 0 bridgehead atoms. The third kappa shape index (κ3) is 4.04. The minimum absolute atomic E-state index is 0.186. The van der Waals surface area contributed by atoms with Crippen molar-refractivity contribution < 1.29 is 19.1 Å². The van der Waals surface area contributed by atoms with E-state index in [-0.39, 0.29) is 19.0 Å². The van der Waals surface area contributed by atoms with E-state index in [9.17, 15) is 9.59 Å². The SMILES string of the molecule is COc1cccc(C(=O)N(CC(N)=O)Cc2ccccc2)c1OC. The van der Waals surface area contributed by atoms with Crippen molar-refractivity contribution in [1.82, 2.24) is 4.90 Å². The molecule has 0 atom stereocenters. The predicted octanol–water partition coefficient (Wildman–Crippen LogP) is 1.83. The molecule has 2 rings (SSSR count). The summed E-state index contributed by atoms with van der Waals surface area (Å²) >= 11 is 0. The molecule has 2 aromatic carbocycles. The van der Waals surface area contributed by atoms with Crippen LogP contribution in [0.1, 0.15) is 15.9 Å². The van der Waals surface area contributed by atoms with E-state index in [0.29, 0.717) is 17.1 Å². The number of para-hydroxylation sites is 1. The van der Waals surface area contributed by atoms with Gasteiger partial charge in [-0.25, -0.2) is 0 Å². The van der Waals surface area contributed by atoms with Gasteiger partial charge in [-0.1, -0.05) is 36.4 Å². The number of rotatable bonds is 7. The van der Waals surface area contributed by atoms with Gasteiger partial charge >= 0.3 is 0 Å². The lowest BCUT2D eigenvalue weighted by atomic mass is 10.1. The molecule has 0 aliphatic rings. The lowest BCUT2D eigenvalue weighted by Crippen LogP contribution is -2.38. The van der Waals surface area contributed by atoms with Gasteiger partial charge < -0.3 is 20.1 Å². The fraction of sp³-hybridized carbons (Fsp3) is 0.222. The molecule has 0 aliphatic heterocycles. The van der Waals surface area contributed by atoms with Crippen molar-refractivity contribution in [3.05, 3.63) is 59.7 Å². The molecule has 0 aliphatic carbocycles. The molecular formula is C18H20N2O4. The average molecular weight is 328 g/mol. The van der Waals surface area contributed by atoms with Crippen molar-refractivity contribution in [2.45, 2.75) is 6.54 Å². The van der Waals surface area contributed by atoms with Gasteiger partial charge in [0.25, 0.3) is 5.91 Å². The lowest BCUT2D eigenvalue weighted by molar-refractivity contribution is -0.118. The number of benzene rings is 2. The molecule has 0 aromatic heterocycles. The first kappa shape index (κ1) is 17.3. The molecule has 126 valence electrons. The molecule has 0 fully saturated rings. The van der Waals surface area contributed by atoms with Crippen LogP contribution in [0.5, 0.6) is 11.5 Å². The predicted molar refractivity (Wildman–Crippen MR) is 89.9 cm³/mol. The van der Waals surface area contributed by atoms with Crippen molar-refractivity contribution in [3.63, 3.8) is 0 Å². The maximum Gasteiger partial charge on any atom is 0.258 e. The Morgan fingerprint density at radius 2 is 1.71 bits per heavy atom. The van der Waals surface area contributed by atoms with E-state index >= 15 is 0 Å². The minimum Gasteiger partial charge on any atom is -0.493 e. The van der Waals surface area contributed by atoms with E-state index in [0.717, 1.165) is 5.56 Å². The number of hydrogen-bond donors (Lipinski definition) is 1. The molecule has 0 unspecified atom stereocenters. The number of carbonyl (C=O) groups is 2. The molecular weight excluding hydrogens is 308 g/mol. The van der Waals surface area contributed by atoms with E-state index in [1.54, 1.807) is 18.2 Å². The van der Waals surface area contributed by atoms with Gasteiger partial charge in [-0.05, 0) is 17.7 Å². The van der Waals surface area contributed by atoms with Gasteiger partial charge in [-0.2, -0.15) is 0 Å². The van der Waals surface area contributed by atoms with Crippen LogP contribution in [0, 0.1) is 0 Å². The number of ether oxygens (including phenoxy) is 2. The molecule has 0 spiro atoms. The van der Waals surface area contributed by atoms with E-state index in [1.165, 1.54) is 19.1 Å². The molecule has 2 N–H and O–H groups in total. The Morgan fingerprint density at radius 1 is 1.00 bits per heavy atom. The Morgan fingerprint density at radius 3 is 2.29 bits per heavy atom. The molecule has 0 radical (unpaired) electrons. The van der Waals surface area contributed by atoms with Crippen molar-refractivity contribution in [2.75, 3.05) is 20.8 Å². The van der Waals surface area contributed by atoms with Gasteiger partial charge in [0, 0.05) is 6.54 Å². The highest BCUT2D eigenvalue weighted by atomic mass is 16.5. The summed E-state index contributed by atoms with van der Waals surface area (Å²) < 4.78 is 10.5. The standard InChI is InChI=1S/C18H20N2O4/c1-23-15-10-6-9-14(17(15)24-2)18(22)20(12-16(19)21)11-13-7-4-3-5-8-13/h3-10H,11-12H2,1-2H3,(H2,19,21). The van der Waals surface area contributed by atoms with E-state index in [1.807, 2.05) is 30.3 Å². The number of nitrogens with zero attached hydrogens (tertiary/aromatic N) is 1. The van der Waals surface area contributed by atoms with Crippen LogP contribution in [-0.4, -0.2) is 37.5 Å². The second-order valence-electron chi connectivity index (χ2n) is 5.15. The molecule has 0 saturated carbocycles. The largest absolute Gasteiger partial charge is 0.493 e. The van der Waals surface area contributed by atoms with E-state index in [4.69, 9.17) is 15.2 Å². The zero-order chi connectivity index (χ0) is 17.5. The normalized spacial score (nSPS) is 10.1. The quantitative estimate of drug-likeness (QED) is 0.841.